The fourth-order valence-corrected chi connectivity index (χ4v) is 2.57. The lowest BCUT2D eigenvalue weighted by Crippen LogP contribution is -2.23. The number of aryl methyl sites for hydroxylation is 1. The van der Waals surface area contributed by atoms with Crippen LogP contribution in [0.2, 0.25) is 0 Å². The van der Waals surface area contributed by atoms with Crippen LogP contribution in [-0.4, -0.2) is 32.0 Å². The molecule has 8 nitrogen and oxygen atoms in total. The molecule has 0 unspecified atom stereocenters. The molecule has 0 bridgehead atoms. The maximum Gasteiger partial charge on any atom is 0.251 e. The molecular formula is C18H18N6O2. The van der Waals surface area contributed by atoms with Crippen LogP contribution < -0.4 is 10.6 Å². The maximum atomic E-state index is 12.4. The Balaban J connectivity index is 1.67. The van der Waals surface area contributed by atoms with Gasteiger partial charge in [0.2, 0.25) is 5.91 Å². The van der Waals surface area contributed by atoms with Gasteiger partial charge >= 0.3 is 0 Å². The highest BCUT2D eigenvalue weighted by atomic mass is 16.2. The summed E-state index contributed by atoms with van der Waals surface area (Å²) in [4.78, 5) is 23.5. The van der Waals surface area contributed by atoms with Gasteiger partial charge in [-0.2, -0.15) is 0 Å². The van der Waals surface area contributed by atoms with E-state index in [-0.39, 0.29) is 11.8 Å². The number of benzene rings is 2. The Kier molecular flexibility index (Phi) is 5.02. The largest absolute Gasteiger partial charge is 0.348 e. The Hall–Kier alpha value is -3.55. The Morgan fingerprint density at radius 2 is 2.00 bits per heavy atom. The Morgan fingerprint density at radius 1 is 1.15 bits per heavy atom. The van der Waals surface area contributed by atoms with Crippen LogP contribution in [0.15, 0.2) is 48.8 Å². The highest BCUT2D eigenvalue weighted by molar-refractivity contribution is 5.94. The summed E-state index contributed by atoms with van der Waals surface area (Å²) in [5.74, 6) is -0.314. The van der Waals surface area contributed by atoms with Crippen molar-refractivity contribution in [3.05, 3.63) is 65.5 Å². The van der Waals surface area contributed by atoms with Crippen LogP contribution >= 0.6 is 0 Å². The Morgan fingerprint density at radius 3 is 2.69 bits per heavy atom. The van der Waals surface area contributed by atoms with Crippen molar-refractivity contribution >= 4 is 17.5 Å². The van der Waals surface area contributed by atoms with Gasteiger partial charge in [0.25, 0.3) is 5.91 Å². The molecule has 0 radical (unpaired) electrons. The summed E-state index contributed by atoms with van der Waals surface area (Å²) in [6, 6.07) is 12.7. The van der Waals surface area contributed by atoms with Crippen molar-refractivity contribution in [2.24, 2.45) is 0 Å². The van der Waals surface area contributed by atoms with Gasteiger partial charge < -0.3 is 10.6 Å². The Bertz CT molecular complexity index is 937. The fraction of sp³-hybridized carbons (Fsp3) is 0.167. The van der Waals surface area contributed by atoms with E-state index >= 15 is 0 Å². The molecule has 0 atom stereocenters. The van der Waals surface area contributed by atoms with Crippen molar-refractivity contribution in [1.82, 2.24) is 25.5 Å². The minimum Gasteiger partial charge on any atom is -0.348 e. The average molecular weight is 350 g/mol. The number of carbonyl (C=O) groups excluding carboxylic acids is 2. The van der Waals surface area contributed by atoms with Crippen molar-refractivity contribution < 1.29 is 9.59 Å². The van der Waals surface area contributed by atoms with Crippen molar-refractivity contribution in [2.45, 2.75) is 20.4 Å². The second kappa shape index (κ2) is 7.56. The molecule has 8 heteroatoms. The number of hydrogen-bond acceptors (Lipinski definition) is 5. The van der Waals surface area contributed by atoms with E-state index in [2.05, 4.69) is 26.2 Å². The van der Waals surface area contributed by atoms with E-state index in [0.717, 1.165) is 16.8 Å². The van der Waals surface area contributed by atoms with Gasteiger partial charge in [0.15, 0.2) is 0 Å². The molecule has 0 aliphatic rings. The zero-order valence-corrected chi connectivity index (χ0v) is 14.4. The summed E-state index contributed by atoms with van der Waals surface area (Å²) >= 11 is 0. The van der Waals surface area contributed by atoms with Crippen LogP contribution in [-0.2, 0) is 11.3 Å². The van der Waals surface area contributed by atoms with Crippen molar-refractivity contribution in [2.75, 3.05) is 5.32 Å². The first kappa shape index (κ1) is 17.3. The summed E-state index contributed by atoms with van der Waals surface area (Å²) in [6.07, 6.45) is 1.50. The van der Waals surface area contributed by atoms with Crippen molar-refractivity contribution in [1.29, 1.82) is 0 Å². The van der Waals surface area contributed by atoms with E-state index in [1.54, 1.807) is 28.9 Å². The third kappa shape index (κ3) is 4.10. The highest BCUT2D eigenvalue weighted by Crippen LogP contribution is 2.15. The van der Waals surface area contributed by atoms with Gasteiger partial charge in [-0.3, -0.25) is 9.59 Å². The minimum absolute atomic E-state index is 0.135. The molecule has 2 aromatic carbocycles. The lowest BCUT2D eigenvalue weighted by Gasteiger charge is -2.10. The van der Waals surface area contributed by atoms with Crippen molar-refractivity contribution in [3.8, 4) is 5.69 Å². The number of carbonyl (C=O) groups is 2. The zero-order chi connectivity index (χ0) is 18.5. The highest BCUT2D eigenvalue weighted by Gasteiger charge is 2.09. The van der Waals surface area contributed by atoms with E-state index in [4.69, 9.17) is 0 Å². The van der Waals surface area contributed by atoms with E-state index in [0.29, 0.717) is 17.8 Å². The first-order valence-corrected chi connectivity index (χ1v) is 8.01. The summed E-state index contributed by atoms with van der Waals surface area (Å²) in [6.45, 7) is 3.71. The van der Waals surface area contributed by atoms with E-state index < -0.39 is 0 Å². The molecule has 2 amide bonds. The monoisotopic (exact) mass is 350 g/mol. The molecule has 1 aromatic heterocycles. The number of amides is 2. The van der Waals surface area contributed by atoms with Crippen LogP contribution in [0.3, 0.4) is 0 Å². The second-order valence-corrected chi connectivity index (χ2v) is 5.82. The molecular weight excluding hydrogens is 332 g/mol. The van der Waals surface area contributed by atoms with Gasteiger partial charge in [0.05, 0.1) is 5.69 Å². The normalized spacial score (nSPS) is 10.4. The standard InChI is InChI=1S/C18H18N6O2/c1-12-8-15(6-7-17(12)24-11-20-22-23-24)18(26)19-10-14-4-3-5-16(9-14)21-13(2)25/h3-9,11H,10H2,1-2H3,(H,19,26)(H,21,25). The second-order valence-electron chi connectivity index (χ2n) is 5.82. The van der Waals surface area contributed by atoms with Crippen LogP contribution in [0.4, 0.5) is 5.69 Å². The first-order chi connectivity index (χ1) is 12.5. The number of nitrogens with zero attached hydrogens (tertiary/aromatic N) is 4. The topological polar surface area (TPSA) is 102 Å². The molecule has 132 valence electrons. The first-order valence-electron chi connectivity index (χ1n) is 8.01. The quantitative estimate of drug-likeness (QED) is 0.731. The fourth-order valence-electron chi connectivity index (χ4n) is 2.57. The third-order valence-electron chi connectivity index (χ3n) is 3.76. The number of tetrazole rings is 1. The van der Waals surface area contributed by atoms with Crippen LogP contribution in [0.25, 0.3) is 5.69 Å². The molecule has 0 saturated heterocycles. The van der Waals surface area contributed by atoms with Crippen LogP contribution in [0, 0.1) is 6.92 Å². The summed E-state index contributed by atoms with van der Waals surface area (Å²) < 4.78 is 1.55. The lowest BCUT2D eigenvalue weighted by atomic mass is 10.1. The van der Waals surface area contributed by atoms with E-state index in [9.17, 15) is 9.59 Å². The summed E-state index contributed by atoms with van der Waals surface area (Å²) in [5, 5.41) is 16.7. The number of rotatable bonds is 5. The minimum atomic E-state index is -0.179. The molecule has 26 heavy (non-hydrogen) atoms. The van der Waals surface area contributed by atoms with E-state index in [1.165, 1.54) is 13.3 Å². The summed E-state index contributed by atoms with van der Waals surface area (Å²) in [5.41, 5.74) is 3.85. The number of aromatic nitrogens is 4. The molecule has 0 spiro atoms. The Labute approximate surface area is 150 Å². The summed E-state index contributed by atoms with van der Waals surface area (Å²) in [7, 11) is 0. The smallest absolute Gasteiger partial charge is 0.251 e. The molecule has 1 heterocycles. The van der Waals surface area contributed by atoms with Crippen LogP contribution in [0.1, 0.15) is 28.4 Å². The van der Waals surface area contributed by atoms with Gasteiger partial charge in [0.1, 0.15) is 6.33 Å². The van der Waals surface area contributed by atoms with Gasteiger partial charge in [-0.1, -0.05) is 12.1 Å². The predicted molar refractivity (Wildman–Crippen MR) is 95.8 cm³/mol. The van der Waals surface area contributed by atoms with Gasteiger partial charge in [0, 0.05) is 24.7 Å². The maximum absolute atomic E-state index is 12.4. The molecule has 3 aromatic rings. The number of anilines is 1. The average Bonchev–Trinajstić information content (AvgIpc) is 3.13. The molecule has 0 saturated carbocycles. The molecule has 0 aliphatic heterocycles. The van der Waals surface area contributed by atoms with Gasteiger partial charge in [-0.05, 0) is 58.8 Å². The molecule has 0 fully saturated rings. The third-order valence-corrected chi connectivity index (χ3v) is 3.76. The molecule has 0 aliphatic carbocycles. The lowest BCUT2D eigenvalue weighted by molar-refractivity contribution is -0.114. The molecule has 2 N–H and O–H groups in total. The number of nitrogens with one attached hydrogen (secondary N) is 2. The van der Waals surface area contributed by atoms with E-state index in [1.807, 2.05) is 25.1 Å². The number of hydrogen-bond donors (Lipinski definition) is 2. The zero-order valence-electron chi connectivity index (χ0n) is 14.4. The van der Waals surface area contributed by atoms with Gasteiger partial charge in [-0.25, -0.2) is 4.68 Å². The van der Waals surface area contributed by atoms with Crippen LogP contribution in [0.5, 0.6) is 0 Å². The molecule has 3 rings (SSSR count). The SMILES string of the molecule is CC(=O)Nc1cccc(CNC(=O)c2ccc(-n3cnnn3)c(C)c2)c1. The van der Waals surface area contributed by atoms with Crippen molar-refractivity contribution in [3.63, 3.8) is 0 Å². The van der Waals surface area contributed by atoms with Gasteiger partial charge in [-0.15, -0.1) is 5.10 Å². The predicted octanol–water partition coefficient (Wildman–Crippen LogP) is 1.86.